The Morgan fingerprint density at radius 2 is 2.27 bits per heavy atom. The minimum Gasteiger partial charge on any atom is -0.250 e. The third-order valence-corrected chi connectivity index (χ3v) is 2.74. The van der Waals surface area contributed by atoms with Crippen LogP contribution in [0, 0.1) is 11.3 Å². The topological polar surface area (TPSA) is 36.7 Å². The lowest BCUT2D eigenvalue weighted by Crippen LogP contribution is -2.02. The average molecular weight is 296 g/mol. The van der Waals surface area contributed by atoms with Crippen LogP contribution in [0.25, 0.3) is 0 Å². The van der Waals surface area contributed by atoms with Gasteiger partial charge in [0.15, 0.2) is 0 Å². The lowest BCUT2D eigenvalue weighted by atomic mass is 10.1. The molecule has 80 valence electrons. The van der Waals surface area contributed by atoms with Gasteiger partial charge >= 0.3 is 0 Å². The summed E-state index contributed by atoms with van der Waals surface area (Å²) in [4.78, 5) is 3.71. The second-order valence-corrected chi connectivity index (χ2v) is 3.85. The number of nitrogens with zero attached hydrogens (tertiary/aromatic N) is 2. The highest BCUT2D eigenvalue weighted by Gasteiger charge is 2.18. The monoisotopic (exact) mass is 294 g/mol. The molecule has 0 amide bonds. The van der Waals surface area contributed by atoms with Crippen LogP contribution in [0.15, 0.2) is 10.5 Å². The number of nitriles is 1. The van der Waals surface area contributed by atoms with E-state index in [1.165, 1.54) is 0 Å². The van der Waals surface area contributed by atoms with Gasteiger partial charge in [0.1, 0.15) is 5.69 Å². The molecule has 0 saturated carbocycles. The molecule has 0 radical (unpaired) electrons. The van der Waals surface area contributed by atoms with E-state index in [-0.39, 0.29) is 23.6 Å². The highest BCUT2D eigenvalue weighted by molar-refractivity contribution is 9.10. The largest absolute Gasteiger partial charge is 0.280 e. The predicted molar refractivity (Wildman–Crippen MR) is 55.8 cm³/mol. The second kappa shape index (κ2) is 5.38. The maximum atomic E-state index is 12.6. The molecule has 0 N–H and O–H groups in total. The highest BCUT2D eigenvalue weighted by Crippen LogP contribution is 2.28. The lowest BCUT2D eigenvalue weighted by molar-refractivity contribution is 0.144. The standard InChI is InChI=1S/C9H6BrClF2N2/c10-7-3-5(4-11)15-8(9(12)13)6(7)1-2-14/h3,9H,1,4H2. The third-order valence-electron chi connectivity index (χ3n) is 1.75. The predicted octanol–water partition coefficient (Wildman–Crippen LogP) is 3.59. The van der Waals surface area contributed by atoms with E-state index in [4.69, 9.17) is 16.9 Å². The first-order valence-corrected chi connectivity index (χ1v) is 5.32. The normalized spacial score (nSPS) is 10.4. The first-order chi connectivity index (χ1) is 7.10. The zero-order valence-corrected chi connectivity index (χ0v) is 9.82. The van der Waals surface area contributed by atoms with Crippen molar-refractivity contribution >= 4 is 27.5 Å². The van der Waals surface area contributed by atoms with E-state index in [2.05, 4.69) is 20.9 Å². The Morgan fingerprint density at radius 1 is 1.60 bits per heavy atom. The van der Waals surface area contributed by atoms with E-state index in [0.29, 0.717) is 10.2 Å². The van der Waals surface area contributed by atoms with Gasteiger partial charge in [-0.1, -0.05) is 15.9 Å². The minimum atomic E-state index is -2.70. The van der Waals surface area contributed by atoms with Crippen LogP contribution in [-0.2, 0) is 12.3 Å². The van der Waals surface area contributed by atoms with Crippen LogP contribution >= 0.6 is 27.5 Å². The summed E-state index contributed by atoms with van der Waals surface area (Å²) in [5, 5.41) is 8.51. The van der Waals surface area contributed by atoms with E-state index >= 15 is 0 Å². The Balaban J connectivity index is 3.30. The first kappa shape index (κ1) is 12.3. The van der Waals surface area contributed by atoms with E-state index in [1.807, 2.05) is 6.07 Å². The molecule has 0 spiro atoms. The summed E-state index contributed by atoms with van der Waals surface area (Å²) in [6, 6.07) is 3.37. The fourth-order valence-electron chi connectivity index (χ4n) is 1.11. The van der Waals surface area contributed by atoms with Crippen LogP contribution in [0.4, 0.5) is 8.78 Å². The Kier molecular flexibility index (Phi) is 4.43. The van der Waals surface area contributed by atoms with Crippen molar-refractivity contribution in [1.29, 1.82) is 5.26 Å². The van der Waals surface area contributed by atoms with Gasteiger partial charge in [-0.3, -0.25) is 4.98 Å². The lowest BCUT2D eigenvalue weighted by Gasteiger charge is -2.09. The average Bonchev–Trinajstić information content (AvgIpc) is 2.20. The number of rotatable bonds is 3. The molecule has 1 heterocycles. The molecule has 0 atom stereocenters. The Morgan fingerprint density at radius 3 is 2.73 bits per heavy atom. The molecule has 0 aliphatic heterocycles. The van der Waals surface area contributed by atoms with Gasteiger partial charge in [-0.05, 0) is 6.07 Å². The molecule has 0 bridgehead atoms. The molecule has 1 aromatic rings. The maximum Gasteiger partial charge on any atom is 0.280 e. The first-order valence-electron chi connectivity index (χ1n) is 3.99. The number of pyridine rings is 1. The summed E-state index contributed by atoms with van der Waals surface area (Å²) >= 11 is 8.64. The summed E-state index contributed by atoms with van der Waals surface area (Å²) in [5.41, 5.74) is 0.212. The number of hydrogen-bond donors (Lipinski definition) is 0. The zero-order valence-electron chi connectivity index (χ0n) is 7.48. The van der Waals surface area contributed by atoms with Crippen molar-refractivity contribution in [3.05, 3.63) is 27.5 Å². The highest BCUT2D eigenvalue weighted by atomic mass is 79.9. The second-order valence-electron chi connectivity index (χ2n) is 2.73. The van der Waals surface area contributed by atoms with Gasteiger partial charge in [0.05, 0.1) is 24.1 Å². The van der Waals surface area contributed by atoms with Gasteiger partial charge in [0.2, 0.25) is 0 Å². The molecule has 0 saturated heterocycles. The van der Waals surface area contributed by atoms with Gasteiger partial charge in [0.25, 0.3) is 6.43 Å². The molecular formula is C9H6BrClF2N2. The Bertz CT molecular complexity index is 404. The fourth-order valence-corrected chi connectivity index (χ4v) is 1.86. The molecule has 0 aromatic carbocycles. The molecule has 2 nitrogen and oxygen atoms in total. The van der Waals surface area contributed by atoms with Crippen LogP contribution in [0.1, 0.15) is 23.4 Å². The molecule has 0 aliphatic rings. The van der Waals surface area contributed by atoms with E-state index in [1.54, 1.807) is 6.07 Å². The van der Waals surface area contributed by atoms with Crippen molar-refractivity contribution in [2.75, 3.05) is 0 Å². The quantitative estimate of drug-likeness (QED) is 0.799. The van der Waals surface area contributed by atoms with Crippen molar-refractivity contribution < 1.29 is 8.78 Å². The molecule has 15 heavy (non-hydrogen) atoms. The molecule has 0 unspecified atom stereocenters. The van der Waals surface area contributed by atoms with Gasteiger partial charge in [-0.25, -0.2) is 8.78 Å². The smallest absolute Gasteiger partial charge is 0.250 e. The fraction of sp³-hybridized carbons (Fsp3) is 0.333. The van der Waals surface area contributed by atoms with Gasteiger partial charge in [0, 0.05) is 10.0 Å². The Hall–Kier alpha value is -0.730. The molecular weight excluding hydrogens is 289 g/mol. The van der Waals surface area contributed by atoms with E-state index < -0.39 is 6.43 Å². The summed E-state index contributed by atoms with van der Waals surface area (Å²) in [7, 11) is 0. The molecule has 0 aliphatic carbocycles. The van der Waals surface area contributed by atoms with Crippen molar-refractivity contribution in [3.8, 4) is 6.07 Å². The van der Waals surface area contributed by atoms with Gasteiger partial charge < -0.3 is 0 Å². The summed E-state index contributed by atoms with van der Waals surface area (Å²) in [6.07, 6.45) is -2.80. The van der Waals surface area contributed by atoms with Crippen molar-refractivity contribution in [1.82, 2.24) is 4.98 Å². The summed E-state index contributed by atoms with van der Waals surface area (Å²) in [6.45, 7) is 0. The zero-order chi connectivity index (χ0) is 11.4. The summed E-state index contributed by atoms with van der Waals surface area (Å²) < 4.78 is 25.7. The van der Waals surface area contributed by atoms with Crippen molar-refractivity contribution in [2.24, 2.45) is 0 Å². The number of aromatic nitrogens is 1. The minimum absolute atomic E-state index is 0.0607. The molecule has 6 heteroatoms. The maximum absolute atomic E-state index is 12.6. The summed E-state index contributed by atoms with van der Waals surface area (Å²) in [5.74, 6) is 0.0607. The van der Waals surface area contributed by atoms with Crippen LogP contribution in [0.2, 0.25) is 0 Å². The number of alkyl halides is 3. The van der Waals surface area contributed by atoms with Gasteiger partial charge in [-0.15, -0.1) is 11.6 Å². The molecule has 0 fully saturated rings. The van der Waals surface area contributed by atoms with E-state index in [0.717, 1.165) is 0 Å². The van der Waals surface area contributed by atoms with Crippen LogP contribution in [0.5, 0.6) is 0 Å². The van der Waals surface area contributed by atoms with Crippen LogP contribution < -0.4 is 0 Å². The van der Waals surface area contributed by atoms with E-state index in [9.17, 15) is 8.78 Å². The van der Waals surface area contributed by atoms with Crippen molar-refractivity contribution in [3.63, 3.8) is 0 Å². The number of hydrogen-bond acceptors (Lipinski definition) is 2. The SMILES string of the molecule is N#CCc1c(Br)cc(CCl)nc1C(F)F. The van der Waals surface area contributed by atoms with Crippen LogP contribution in [0.3, 0.4) is 0 Å². The number of halogens is 4. The molecule has 1 rings (SSSR count). The molecule has 1 aromatic heterocycles. The van der Waals surface area contributed by atoms with Crippen molar-refractivity contribution in [2.45, 2.75) is 18.7 Å². The van der Waals surface area contributed by atoms with Gasteiger partial charge in [-0.2, -0.15) is 5.26 Å². The van der Waals surface area contributed by atoms with Crippen LogP contribution in [-0.4, -0.2) is 4.98 Å². The Labute approximate surface area is 99.0 Å². The third kappa shape index (κ3) is 2.86.